The van der Waals surface area contributed by atoms with E-state index in [1.54, 1.807) is 17.4 Å². The molecule has 0 saturated heterocycles. The highest BCUT2D eigenvalue weighted by molar-refractivity contribution is 7.13. The van der Waals surface area contributed by atoms with Gasteiger partial charge in [0.15, 0.2) is 5.43 Å². The summed E-state index contributed by atoms with van der Waals surface area (Å²) in [5, 5.41) is 3.87. The third-order valence-corrected chi connectivity index (χ3v) is 5.17. The van der Waals surface area contributed by atoms with Gasteiger partial charge < -0.3 is 9.55 Å². The molecule has 1 aromatic carbocycles. The minimum absolute atomic E-state index is 0.0913. The summed E-state index contributed by atoms with van der Waals surface area (Å²) in [6, 6.07) is 14.0. The van der Waals surface area contributed by atoms with E-state index in [4.69, 9.17) is 0 Å². The lowest BCUT2D eigenvalue weighted by molar-refractivity contribution is 0.661. The summed E-state index contributed by atoms with van der Waals surface area (Å²) in [4.78, 5) is 17.4. The zero-order chi connectivity index (χ0) is 15.8. The van der Waals surface area contributed by atoms with Crippen molar-refractivity contribution in [1.82, 2.24) is 9.55 Å². The van der Waals surface area contributed by atoms with E-state index in [-0.39, 0.29) is 5.43 Å². The molecule has 0 spiro atoms. The Hall–Kier alpha value is -2.33. The van der Waals surface area contributed by atoms with Crippen LogP contribution in [0, 0.1) is 0 Å². The fraction of sp³-hybridized carbons (Fsp3) is 0.211. The molecule has 0 amide bonds. The highest BCUT2D eigenvalue weighted by atomic mass is 32.1. The number of H-pyrrole nitrogens is 1. The van der Waals surface area contributed by atoms with E-state index in [1.807, 2.05) is 35.7 Å². The molecule has 116 valence electrons. The van der Waals surface area contributed by atoms with E-state index < -0.39 is 0 Å². The maximum Gasteiger partial charge on any atom is 0.192 e. The second-order valence-electron chi connectivity index (χ2n) is 5.77. The fourth-order valence-electron chi connectivity index (χ4n) is 3.16. The number of fused-ring (bicyclic) bond motifs is 3. The SMILES string of the molecule is CCCCn1c2ccccc2c2c(=O)cc(-c3cccs3)[nH]c21. The van der Waals surface area contributed by atoms with Crippen molar-refractivity contribution in [1.29, 1.82) is 0 Å². The van der Waals surface area contributed by atoms with Crippen molar-refractivity contribution in [2.45, 2.75) is 26.3 Å². The van der Waals surface area contributed by atoms with Crippen LogP contribution in [0.4, 0.5) is 0 Å². The van der Waals surface area contributed by atoms with Crippen LogP contribution in [0.1, 0.15) is 19.8 Å². The molecule has 0 atom stereocenters. The molecule has 4 aromatic rings. The molecule has 3 heterocycles. The molecule has 0 radical (unpaired) electrons. The van der Waals surface area contributed by atoms with Gasteiger partial charge in [-0.25, -0.2) is 0 Å². The zero-order valence-electron chi connectivity index (χ0n) is 13.0. The molecule has 0 unspecified atom stereocenters. The number of aromatic nitrogens is 2. The Morgan fingerprint density at radius 1 is 1.17 bits per heavy atom. The normalized spacial score (nSPS) is 11.5. The summed E-state index contributed by atoms with van der Waals surface area (Å²) in [5.41, 5.74) is 3.06. The maximum atomic E-state index is 12.8. The number of aromatic amines is 1. The van der Waals surface area contributed by atoms with Gasteiger partial charge in [-0.3, -0.25) is 4.79 Å². The summed E-state index contributed by atoms with van der Waals surface area (Å²) in [7, 11) is 0. The first-order valence-electron chi connectivity index (χ1n) is 7.97. The van der Waals surface area contributed by atoms with Gasteiger partial charge in [-0.05, 0) is 23.9 Å². The number of aryl methyl sites for hydroxylation is 1. The average Bonchev–Trinajstić information content (AvgIpc) is 3.19. The summed E-state index contributed by atoms with van der Waals surface area (Å²) in [5.74, 6) is 0. The lowest BCUT2D eigenvalue weighted by Crippen LogP contribution is -2.05. The molecule has 0 aliphatic heterocycles. The van der Waals surface area contributed by atoms with Crippen molar-refractivity contribution in [3.05, 3.63) is 58.1 Å². The van der Waals surface area contributed by atoms with E-state index in [1.165, 1.54) is 0 Å². The Balaban J connectivity index is 2.07. The maximum absolute atomic E-state index is 12.8. The van der Waals surface area contributed by atoms with Crippen LogP contribution in [0.15, 0.2) is 52.6 Å². The van der Waals surface area contributed by atoms with E-state index in [2.05, 4.69) is 22.5 Å². The fourth-order valence-corrected chi connectivity index (χ4v) is 3.86. The van der Waals surface area contributed by atoms with E-state index in [9.17, 15) is 4.79 Å². The molecule has 1 N–H and O–H groups in total. The lowest BCUT2D eigenvalue weighted by atomic mass is 10.2. The predicted molar refractivity (Wildman–Crippen MR) is 98.3 cm³/mol. The second kappa shape index (κ2) is 5.70. The predicted octanol–water partition coefficient (Wildman–Crippen LogP) is 5.01. The van der Waals surface area contributed by atoms with Gasteiger partial charge >= 0.3 is 0 Å². The molecule has 4 heteroatoms. The molecular weight excluding hydrogens is 304 g/mol. The van der Waals surface area contributed by atoms with Gasteiger partial charge in [-0.2, -0.15) is 0 Å². The van der Waals surface area contributed by atoms with Crippen molar-refractivity contribution in [3.8, 4) is 10.6 Å². The lowest BCUT2D eigenvalue weighted by Gasteiger charge is -2.07. The summed E-state index contributed by atoms with van der Waals surface area (Å²) < 4.78 is 2.26. The second-order valence-corrected chi connectivity index (χ2v) is 6.72. The van der Waals surface area contributed by atoms with E-state index in [0.29, 0.717) is 0 Å². The number of benzene rings is 1. The number of para-hydroxylation sites is 1. The molecule has 0 saturated carbocycles. The monoisotopic (exact) mass is 322 g/mol. The smallest absolute Gasteiger partial charge is 0.192 e. The highest BCUT2D eigenvalue weighted by Gasteiger charge is 2.15. The zero-order valence-corrected chi connectivity index (χ0v) is 13.8. The highest BCUT2D eigenvalue weighted by Crippen LogP contribution is 2.29. The van der Waals surface area contributed by atoms with Crippen LogP contribution < -0.4 is 5.43 Å². The Morgan fingerprint density at radius 3 is 2.83 bits per heavy atom. The molecule has 0 fully saturated rings. The van der Waals surface area contributed by atoms with Crippen LogP contribution in [0.2, 0.25) is 0 Å². The first-order chi connectivity index (χ1) is 11.3. The van der Waals surface area contributed by atoms with Crippen molar-refractivity contribution < 1.29 is 0 Å². The molecule has 3 aromatic heterocycles. The number of rotatable bonds is 4. The first-order valence-corrected chi connectivity index (χ1v) is 8.85. The largest absolute Gasteiger partial charge is 0.340 e. The van der Waals surface area contributed by atoms with Gasteiger partial charge in [0.1, 0.15) is 5.65 Å². The third kappa shape index (κ3) is 2.30. The molecule has 0 bridgehead atoms. The van der Waals surface area contributed by atoms with E-state index >= 15 is 0 Å². The number of hydrogen-bond donors (Lipinski definition) is 1. The van der Waals surface area contributed by atoms with Gasteiger partial charge in [0.25, 0.3) is 0 Å². The van der Waals surface area contributed by atoms with Crippen molar-refractivity contribution >= 4 is 33.3 Å². The first kappa shape index (κ1) is 14.3. The number of unbranched alkanes of at least 4 members (excludes halogenated alkanes) is 1. The molecule has 0 aliphatic carbocycles. The van der Waals surface area contributed by atoms with Crippen LogP contribution >= 0.6 is 11.3 Å². The molecule has 3 nitrogen and oxygen atoms in total. The van der Waals surface area contributed by atoms with Crippen LogP contribution in [0.5, 0.6) is 0 Å². The average molecular weight is 322 g/mol. The summed E-state index contributed by atoms with van der Waals surface area (Å²) >= 11 is 1.64. The summed E-state index contributed by atoms with van der Waals surface area (Å²) in [6.45, 7) is 3.11. The van der Waals surface area contributed by atoms with Crippen LogP contribution in [0.3, 0.4) is 0 Å². The number of nitrogens with zero attached hydrogens (tertiary/aromatic N) is 1. The van der Waals surface area contributed by atoms with Crippen LogP contribution in [-0.4, -0.2) is 9.55 Å². The third-order valence-electron chi connectivity index (χ3n) is 4.27. The number of pyridine rings is 1. The van der Waals surface area contributed by atoms with Gasteiger partial charge in [0.05, 0.1) is 21.5 Å². The van der Waals surface area contributed by atoms with Crippen molar-refractivity contribution in [2.75, 3.05) is 0 Å². The molecule has 0 aliphatic rings. The van der Waals surface area contributed by atoms with Gasteiger partial charge in [-0.15, -0.1) is 11.3 Å². The van der Waals surface area contributed by atoms with E-state index in [0.717, 1.165) is 51.9 Å². The minimum Gasteiger partial charge on any atom is -0.340 e. The molecule has 4 rings (SSSR count). The quantitative estimate of drug-likeness (QED) is 0.563. The van der Waals surface area contributed by atoms with Gasteiger partial charge in [-0.1, -0.05) is 37.6 Å². The standard InChI is InChI=1S/C19H18N2OS/c1-2-3-10-21-15-8-5-4-7-13(15)18-16(22)12-14(20-19(18)21)17-9-6-11-23-17/h4-9,11-12H,2-3,10H2,1H3,(H,20,22). The van der Waals surface area contributed by atoms with Crippen LogP contribution in [0.25, 0.3) is 32.5 Å². The number of nitrogens with one attached hydrogen (secondary N) is 1. The number of thiophene rings is 1. The minimum atomic E-state index is 0.0913. The van der Waals surface area contributed by atoms with Crippen LogP contribution in [-0.2, 0) is 6.54 Å². The topological polar surface area (TPSA) is 37.8 Å². The van der Waals surface area contributed by atoms with Gasteiger partial charge in [0.2, 0.25) is 0 Å². The Bertz CT molecular complexity index is 1020. The van der Waals surface area contributed by atoms with Crippen molar-refractivity contribution in [2.24, 2.45) is 0 Å². The Labute approximate surface area is 138 Å². The summed E-state index contributed by atoms with van der Waals surface area (Å²) in [6.07, 6.45) is 2.22. The molecular formula is C19H18N2OS. The van der Waals surface area contributed by atoms with Crippen molar-refractivity contribution in [3.63, 3.8) is 0 Å². The molecule has 23 heavy (non-hydrogen) atoms. The Kier molecular flexibility index (Phi) is 3.54. The van der Waals surface area contributed by atoms with Gasteiger partial charge in [0, 0.05) is 18.0 Å². The number of hydrogen-bond acceptors (Lipinski definition) is 2. The Morgan fingerprint density at radius 2 is 2.04 bits per heavy atom.